The molecule has 0 aromatic heterocycles. The van der Waals surface area contributed by atoms with Crippen LogP contribution in [0.4, 0.5) is 0 Å². The van der Waals surface area contributed by atoms with E-state index < -0.39 is 16.6 Å². The fourth-order valence-electron chi connectivity index (χ4n) is 1.68. The Bertz CT molecular complexity index is 547. The molecule has 0 aliphatic rings. The maximum atomic E-state index is 11.3. The Morgan fingerprint density at radius 3 is 1.33 bits per heavy atom. The van der Waals surface area contributed by atoms with Crippen LogP contribution in [0.3, 0.4) is 0 Å². The zero-order chi connectivity index (χ0) is 19.0. The van der Waals surface area contributed by atoms with Crippen LogP contribution < -0.4 is 8.85 Å². The van der Waals surface area contributed by atoms with Crippen LogP contribution in [-0.2, 0) is 0 Å². The van der Waals surface area contributed by atoms with Gasteiger partial charge in [-0.25, -0.2) is 0 Å². The van der Waals surface area contributed by atoms with E-state index >= 15 is 0 Å². The lowest BCUT2D eigenvalue weighted by atomic mass is 10.2. The highest BCUT2D eigenvalue weighted by atomic mass is 28.4. The summed E-state index contributed by atoms with van der Waals surface area (Å²) >= 11 is 0. The lowest BCUT2D eigenvalue weighted by molar-refractivity contribution is 0.112. The summed E-state index contributed by atoms with van der Waals surface area (Å²) in [5.74, 6) is 1.47. The molecule has 0 amide bonds. The van der Waals surface area contributed by atoms with E-state index in [4.69, 9.17) is 8.85 Å². The third-order valence-corrected chi connectivity index (χ3v) is 14.1. The van der Waals surface area contributed by atoms with Crippen molar-refractivity contribution in [3.63, 3.8) is 0 Å². The highest BCUT2D eigenvalue weighted by molar-refractivity contribution is 6.75. The Hall–Kier alpha value is -1.08. The van der Waals surface area contributed by atoms with Gasteiger partial charge in [0.1, 0.15) is 17.8 Å². The summed E-state index contributed by atoms with van der Waals surface area (Å²) in [4.78, 5) is 11.3. The molecule has 1 rings (SSSR count). The number of carbonyl (C=O) groups is 1. The summed E-state index contributed by atoms with van der Waals surface area (Å²) in [6, 6.07) is 5.56. The molecule has 5 heteroatoms. The first-order chi connectivity index (χ1) is 10.6. The normalized spacial score (nSPS) is 13.6. The van der Waals surface area contributed by atoms with Gasteiger partial charge in [-0.2, -0.15) is 0 Å². The number of carbonyl (C=O) groups excluding carboxylic acids is 1. The van der Waals surface area contributed by atoms with Crippen LogP contribution in [0.2, 0.25) is 36.3 Å². The van der Waals surface area contributed by atoms with E-state index in [-0.39, 0.29) is 10.1 Å². The van der Waals surface area contributed by atoms with Crippen LogP contribution in [-0.4, -0.2) is 22.9 Å². The van der Waals surface area contributed by atoms with Gasteiger partial charge in [-0.3, -0.25) is 4.79 Å². The summed E-state index contributed by atoms with van der Waals surface area (Å²) in [7, 11) is -3.92. The van der Waals surface area contributed by atoms with Gasteiger partial charge in [-0.05, 0) is 48.4 Å². The fraction of sp³-hybridized carbons (Fsp3) is 0.632. The summed E-state index contributed by atoms with van der Waals surface area (Å²) in [6.07, 6.45) is 0.858. The molecule has 0 radical (unpaired) electrons. The molecular formula is C19H34O3Si2. The van der Waals surface area contributed by atoms with Crippen molar-refractivity contribution in [2.75, 3.05) is 0 Å². The Morgan fingerprint density at radius 2 is 1.08 bits per heavy atom. The third kappa shape index (κ3) is 4.96. The van der Waals surface area contributed by atoms with Crippen LogP contribution in [0, 0.1) is 0 Å². The first-order valence-corrected chi connectivity index (χ1v) is 14.4. The summed E-state index contributed by atoms with van der Waals surface area (Å²) in [5.41, 5.74) is 0.597. The molecule has 0 N–H and O–H groups in total. The standard InChI is InChI=1S/C19H34O3Si2/c1-18(2,3)23(7,8)21-16-11-15(14-20)12-17(13-16)22-24(9,10)19(4,5)6/h11-14H,1-10H3. The van der Waals surface area contributed by atoms with E-state index in [2.05, 4.69) is 67.7 Å². The van der Waals surface area contributed by atoms with Crippen molar-refractivity contribution in [1.82, 2.24) is 0 Å². The molecule has 136 valence electrons. The van der Waals surface area contributed by atoms with Gasteiger partial charge in [0.05, 0.1) is 0 Å². The van der Waals surface area contributed by atoms with Crippen molar-refractivity contribution < 1.29 is 13.6 Å². The summed E-state index contributed by atoms with van der Waals surface area (Å²) in [6.45, 7) is 22.0. The van der Waals surface area contributed by atoms with Crippen molar-refractivity contribution in [2.24, 2.45) is 0 Å². The van der Waals surface area contributed by atoms with Crippen LogP contribution in [0.1, 0.15) is 51.9 Å². The molecular weight excluding hydrogens is 332 g/mol. The van der Waals surface area contributed by atoms with E-state index in [1.54, 1.807) is 0 Å². The predicted molar refractivity (Wildman–Crippen MR) is 107 cm³/mol. The number of aldehydes is 1. The molecule has 0 unspecified atom stereocenters. The van der Waals surface area contributed by atoms with Crippen molar-refractivity contribution in [2.45, 2.75) is 77.8 Å². The van der Waals surface area contributed by atoms with E-state index in [1.165, 1.54) is 0 Å². The molecule has 0 bridgehead atoms. The third-order valence-electron chi connectivity index (χ3n) is 5.40. The molecule has 3 nitrogen and oxygen atoms in total. The molecule has 0 heterocycles. The average Bonchev–Trinajstić information content (AvgIpc) is 2.34. The minimum absolute atomic E-state index is 0.102. The monoisotopic (exact) mass is 366 g/mol. The molecule has 24 heavy (non-hydrogen) atoms. The molecule has 0 aliphatic carbocycles. The Morgan fingerprint density at radius 1 is 0.750 bits per heavy atom. The van der Waals surface area contributed by atoms with Gasteiger partial charge in [0.25, 0.3) is 0 Å². The molecule has 1 aromatic rings. The molecule has 0 saturated heterocycles. The highest BCUT2D eigenvalue weighted by Crippen LogP contribution is 2.40. The van der Waals surface area contributed by atoms with Crippen LogP contribution >= 0.6 is 0 Å². The highest BCUT2D eigenvalue weighted by Gasteiger charge is 2.40. The average molecular weight is 367 g/mol. The van der Waals surface area contributed by atoms with E-state index in [9.17, 15) is 4.79 Å². The van der Waals surface area contributed by atoms with Gasteiger partial charge < -0.3 is 8.85 Å². The lowest BCUT2D eigenvalue weighted by Crippen LogP contribution is -2.44. The van der Waals surface area contributed by atoms with E-state index in [0.717, 1.165) is 17.8 Å². The second-order valence-electron chi connectivity index (χ2n) is 9.58. The fourth-order valence-corrected chi connectivity index (χ4v) is 3.70. The van der Waals surface area contributed by atoms with Gasteiger partial charge in [-0.1, -0.05) is 41.5 Å². The van der Waals surface area contributed by atoms with Crippen molar-refractivity contribution in [3.05, 3.63) is 23.8 Å². The number of hydrogen-bond donors (Lipinski definition) is 0. The SMILES string of the molecule is CC(C)(C)[Si](C)(C)Oc1cc(C=O)cc(O[Si](C)(C)C(C)(C)C)c1. The topological polar surface area (TPSA) is 35.5 Å². The number of benzene rings is 1. The van der Waals surface area contributed by atoms with Crippen LogP contribution in [0.5, 0.6) is 11.5 Å². The van der Waals surface area contributed by atoms with Gasteiger partial charge in [0.15, 0.2) is 0 Å². The van der Waals surface area contributed by atoms with Crippen molar-refractivity contribution in [1.29, 1.82) is 0 Å². The summed E-state index contributed by atoms with van der Waals surface area (Å²) in [5, 5.41) is 0.204. The van der Waals surface area contributed by atoms with E-state index in [1.807, 2.05) is 18.2 Å². The van der Waals surface area contributed by atoms with Gasteiger partial charge in [0, 0.05) is 11.6 Å². The van der Waals surface area contributed by atoms with Crippen LogP contribution in [0.25, 0.3) is 0 Å². The second-order valence-corrected chi connectivity index (χ2v) is 19.0. The van der Waals surface area contributed by atoms with Gasteiger partial charge in [-0.15, -0.1) is 0 Å². The molecule has 1 aromatic carbocycles. The minimum atomic E-state index is -1.96. The quantitative estimate of drug-likeness (QED) is 0.455. The maximum Gasteiger partial charge on any atom is 0.250 e. The molecule has 0 fully saturated rings. The maximum absolute atomic E-state index is 11.3. The largest absolute Gasteiger partial charge is 0.543 e. The van der Waals surface area contributed by atoms with Crippen molar-refractivity contribution >= 4 is 22.9 Å². The smallest absolute Gasteiger partial charge is 0.250 e. The Kier molecular flexibility index (Phi) is 5.83. The van der Waals surface area contributed by atoms with Crippen LogP contribution in [0.15, 0.2) is 18.2 Å². The number of rotatable bonds is 5. The Labute approximate surface area is 150 Å². The molecule has 0 spiro atoms. The van der Waals surface area contributed by atoms with Gasteiger partial charge >= 0.3 is 0 Å². The zero-order valence-corrected chi connectivity index (χ0v) is 19.0. The molecule has 0 atom stereocenters. The van der Waals surface area contributed by atoms with Crippen molar-refractivity contribution in [3.8, 4) is 11.5 Å². The predicted octanol–water partition coefficient (Wildman–Crippen LogP) is 6.27. The molecule has 0 aliphatic heterocycles. The van der Waals surface area contributed by atoms with Gasteiger partial charge in [0.2, 0.25) is 16.6 Å². The minimum Gasteiger partial charge on any atom is -0.543 e. The first kappa shape index (κ1) is 21.0. The van der Waals surface area contributed by atoms with E-state index in [0.29, 0.717) is 5.56 Å². The zero-order valence-electron chi connectivity index (χ0n) is 17.0. The second kappa shape index (κ2) is 6.67. The number of hydrogen-bond acceptors (Lipinski definition) is 3. The molecule has 0 saturated carbocycles. The summed E-state index contributed by atoms with van der Waals surface area (Å²) < 4.78 is 12.7. The Balaban J connectivity index is 3.21. The first-order valence-electron chi connectivity index (χ1n) is 8.57. The lowest BCUT2D eigenvalue weighted by Gasteiger charge is -2.38.